The third-order valence-corrected chi connectivity index (χ3v) is 5.87. The number of hydrogen-bond donors (Lipinski definition) is 2. The van der Waals surface area contributed by atoms with Crippen LogP contribution in [0.1, 0.15) is 0 Å². The first-order chi connectivity index (χ1) is 11.1. The van der Waals surface area contributed by atoms with Gasteiger partial charge in [0.15, 0.2) is 0 Å². The van der Waals surface area contributed by atoms with Crippen molar-refractivity contribution in [2.75, 3.05) is 43.4 Å². The Morgan fingerprint density at radius 2 is 1.74 bits per heavy atom. The quantitative estimate of drug-likeness (QED) is 0.897. The van der Waals surface area contributed by atoms with Gasteiger partial charge >= 0.3 is 0 Å². The van der Waals surface area contributed by atoms with E-state index in [2.05, 4.69) is 15.5 Å². The fourth-order valence-electron chi connectivity index (χ4n) is 2.79. The fraction of sp³-hybridized carbons (Fsp3) is 0.294. The van der Waals surface area contributed by atoms with Crippen LogP contribution in [0.5, 0.6) is 0 Å². The number of nitrogens with one attached hydrogen (secondary N) is 2. The van der Waals surface area contributed by atoms with Crippen molar-refractivity contribution in [2.24, 2.45) is 0 Å². The minimum Gasteiger partial charge on any atom is -0.387 e. The van der Waals surface area contributed by atoms with Crippen LogP contribution >= 0.6 is 0 Å². The van der Waals surface area contributed by atoms with E-state index in [4.69, 9.17) is 0 Å². The zero-order valence-corrected chi connectivity index (χ0v) is 13.9. The van der Waals surface area contributed by atoms with Gasteiger partial charge in [-0.3, -0.25) is 0 Å². The Labute approximate surface area is 137 Å². The molecule has 23 heavy (non-hydrogen) atoms. The maximum atomic E-state index is 13.0. The van der Waals surface area contributed by atoms with Gasteiger partial charge in [-0.05, 0) is 30.3 Å². The Hall–Kier alpha value is -2.05. The molecule has 0 spiro atoms. The molecule has 0 bridgehead atoms. The first kappa shape index (κ1) is 15.8. The zero-order valence-electron chi connectivity index (χ0n) is 13.1. The van der Waals surface area contributed by atoms with Gasteiger partial charge in [-0.15, -0.1) is 0 Å². The fourth-order valence-corrected chi connectivity index (χ4v) is 4.29. The predicted octanol–water partition coefficient (Wildman–Crippen LogP) is 1.97. The van der Waals surface area contributed by atoms with E-state index >= 15 is 0 Å². The van der Waals surface area contributed by atoms with E-state index in [1.54, 1.807) is 37.4 Å². The molecule has 1 aliphatic heterocycles. The first-order valence-electron chi connectivity index (χ1n) is 7.70. The van der Waals surface area contributed by atoms with Crippen LogP contribution < -0.4 is 15.5 Å². The summed E-state index contributed by atoms with van der Waals surface area (Å²) in [5.74, 6) is 0. The van der Waals surface area contributed by atoms with E-state index in [1.165, 1.54) is 0 Å². The summed E-state index contributed by atoms with van der Waals surface area (Å²) in [6.07, 6.45) is 0. The summed E-state index contributed by atoms with van der Waals surface area (Å²) in [4.78, 5) is 2.84. The van der Waals surface area contributed by atoms with Gasteiger partial charge in [0.2, 0.25) is 9.84 Å². The van der Waals surface area contributed by atoms with Gasteiger partial charge in [-0.2, -0.15) is 0 Å². The molecule has 6 heteroatoms. The van der Waals surface area contributed by atoms with Crippen LogP contribution in [0.25, 0.3) is 0 Å². The van der Waals surface area contributed by atoms with Gasteiger partial charge < -0.3 is 15.5 Å². The van der Waals surface area contributed by atoms with Crippen LogP contribution in [0.3, 0.4) is 0 Å². The molecule has 3 rings (SSSR count). The van der Waals surface area contributed by atoms with Crippen LogP contribution in [0, 0.1) is 0 Å². The molecule has 0 saturated carbocycles. The number of hydrogen-bond acceptors (Lipinski definition) is 5. The van der Waals surface area contributed by atoms with Crippen molar-refractivity contribution in [3.05, 3.63) is 48.5 Å². The van der Waals surface area contributed by atoms with Crippen molar-refractivity contribution < 1.29 is 8.42 Å². The summed E-state index contributed by atoms with van der Waals surface area (Å²) in [6, 6.07) is 14.2. The second kappa shape index (κ2) is 6.60. The van der Waals surface area contributed by atoms with Crippen LogP contribution in [0.4, 0.5) is 11.4 Å². The van der Waals surface area contributed by atoms with Gasteiger partial charge in [0.25, 0.3) is 0 Å². The van der Waals surface area contributed by atoms with E-state index in [-0.39, 0.29) is 0 Å². The number of sulfone groups is 1. The largest absolute Gasteiger partial charge is 0.387 e. The maximum Gasteiger partial charge on any atom is 0.208 e. The molecule has 1 heterocycles. The minimum absolute atomic E-state index is 0.314. The molecule has 0 amide bonds. The standard InChI is InChI=1S/C17H21N3O2S/c1-18-16-8-7-14(20-11-9-19-10-12-20)13-17(16)23(21,22)15-5-3-2-4-6-15/h2-8,13,18-19H,9-12H2,1H3. The van der Waals surface area contributed by atoms with E-state index in [0.717, 1.165) is 31.9 Å². The monoisotopic (exact) mass is 331 g/mol. The molecule has 0 radical (unpaired) electrons. The summed E-state index contributed by atoms with van der Waals surface area (Å²) in [5, 5.41) is 6.30. The predicted molar refractivity (Wildman–Crippen MR) is 93.0 cm³/mol. The molecule has 2 N–H and O–H groups in total. The first-order valence-corrected chi connectivity index (χ1v) is 9.19. The van der Waals surface area contributed by atoms with Crippen molar-refractivity contribution in [1.82, 2.24) is 5.32 Å². The van der Waals surface area contributed by atoms with Crippen molar-refractivity contribution in [1.29, 1.82) is 0 Å². The number of nitrogens with zero attached hydrogens (tertiary/aromatic N) is 1. The van der Waals surface area contributed by atoms with Crippen molar-refractivity contribution in [3.63, 3.8) is 0 Å². The number of benzene rings is 2. The molecule has 1 aliphatic rings. The highest BCUT2D eigenvalue weighted by Gasteiger charge is 2.22. The number of rotatable bonds is 4. The topological polar surface area (TPSA) is 61.4 Å². The van der Waals surface area contributed by atoms with E-state index < -0.39 is 9.84 Å². The molecule has 1 fully saturated rings. The Kier molecular flexibility index (Phi) is 4.54. The van der Waals surface area contributed by atoms with Crippen LogP contribution in [-0.4, -0.2) is 41.6 Å². The highest BCUT2D eigenvalue weighted by atomic mass is 32.2. The van der Waals surface area contributed by atoms with Crippen molar-refractivity contribution >= 4 is 21.2 Å². The lowest BCUT2D eigenvalue weighted by atomic mass is 10.2. The van der Waals surface area contributed by atoms with E-state index in [9.17, 15) is 8.42 Å². The van der Waals surface area contributed by atoms with E-state index in [1.807, 2.05) is 18.2 Å². The number of piperazine rings is 1. The third-order valence-electron chi connectivity index (χ3n) is 4.06. The molecule has 1 saturated heterocycles. The normalized spacial score (nSPS) is 15.4. The van der Waals surface area contributed by atoms with Gasteiger partial charge in [0, 0.05) is 38.9 Å². The zero-order chi connectivity index (χ0) is 16.3. The lowest BCUT2D eigenvalue weighted by Gasteiger charge is -2.30. The van der Waals surface area contributed by atoms with Gasteiger partial charge in [-0.1, -0.05) is 18.2 Å². The lowest BCUT2D eigenvalue weighted by Crippen LogP contribution is -2.43. The average molecular weight is 331 g/mol. The van der Waals surface area contributed by atoms with Gasteiger partial charge in [0.1, 0.15) is 0 Å². The summed E-state index contributed by atoms with van der Waals surface area (Å²) < 4.78 is 26.0. The minimum atomic E-state index is -3.55. The molecule has 0 atom stereocenters. The summed E-state index contributed by atoms with van der Waals surface area (Å²) in [6.45, 7) is 3.58. The van der Waals surface area contributed by atoms with E-state index in [0.29, 0.717) is 15.5 Å². The molecule has 122 valence electrons. The summed E-state index contributed by atoms with van der Waals surface area (Å²) >= 11 is 0. The molecular weight excluding hydrogens is 310 g/mol. The third kappa shape index (κ3) is 3.18. The van der Waals surface area contributed by atoms with Gasteiger partial charge in [-0.25, -0.2) is 8.42 Å². The molecule has 2 aromatic carbocycles. The molecule has 0 aliphatic carbocycles. The molecule has 0 aromatic heterocycles. The smallest absolute Gasteiger partial charge is 0.208 e. The second-order valence-corrected chi connectivity index (χ2v) is 7.40. The Balaban J connectivity index is 2.06. The summed E-state index contributed by atoms with van der Waals surface area (Å²) in [7, 11) is -1.81. The average Bonchev–Trinajstić information content (AvgIpc) is 2.62. The summed E-state index contributed by atoms with van der Waals surface area (Å²) in [5.41, 5.74) is 1.56. The van der Waals surface area contributed by atoms with Crippen LogP contribution in [-0.2, 0) is 9.84 Å². The highest BCUT2D eigenvalue weighted by molar-refractivity contribution is 7.91. The molecule has 0 unspecified atom stereocenters. The maximum absolute atomic E-state index is 13.0. The number of anilines is 2. The van der Waals surface area contributed by atoms with Crippen molar-refractivity contribution in [3.8, 4) is 0 Å². The Morgan fingerprint density at radius 1 is 1.04 bits per heavy atom. The molecule has 5 nitrogen and oxygen atoms in total. The second-order valence-electron chi connectivity index (χ2n) is 5.48. The SMILES string of the molecule is CNc1ccc(N2CCNCC2)cc1S(=O)(=O)c1ccccc1. The van der Waals surface area contributed by atoms with Crippen LogP contribution in [0.2, 0.25) is 0 Å². The molecular formula is C17H21N3O2S. The van der Waals surface area contributed by atoms with Crippen LogP contribution in [0.15, 0.2) is 58.3 Å². The Morgan fingerprint density at radius 3 is 2.39 bits per heavy atom. The molecule has 2 aromatic rings. The lowest BCUT2D eigenvalue weighted by molar-refractivity contribution is 0.587. The van der Waals surface area contributed by atoms with Gasteiger partial charge in [0.05, 0.1) is 15.5 Å². The van der Waals surface area contributed by atoms with Crippen molar-refractivity contribution in [2.45, 2.75) is 9.79 Å². The highest BCUT2D eigenvalue weighted by Crippen LogP contribution is 2.31. The Bertz CT molecular complexity index is 770.